The van der Waals surface area contributed by atoms with Gasteiger partial charge in [0.05, 0.1) is 5.56 Å². The fourth-order valence-electron chi connectivity index (χ4n) is 3.54. The first-order chi connectivity index (χ1) is 14.9. The van der Waals surface area contributed by atoms with Crippen LogP contribution in [0.25, 0.3) is 0 Å². The molecule has 3 aromatic rings. The molecule has 0 unspecified atom stereocenters. The number of anilines is 2. The lowest BCUT2D eigenvalue weighted by molar-refractivity contribution is -0.134. The van der Waals surface area contributed by atoms with E-state index < -0.39 is 17.5 Å². The predicted molar refractivity (Wildman–Crippen MR) is 118 cm³/mol. The van der Waals surface area contributed by atoms with Crippen LogP contribution in [0.3, 0.4) is 0 Å². The topological polar surface area (TPSA) is 84.5 Å². The van der Waals surface area contributed by atoms with E-state index in [-0.39, 0.29) is 12.3 Å². The van der Waals surface area contributed by atoms with Crippen molar-refractivity contribution >= 4 is 29.2 Å². The van der Waals surface area contributed by atoms with Crippen molar-refractivity contribution in [1.82, 2.24) is 0 Å². The van der Waals surface area contributed by atoms with E-state index in [9.17, 15) is 14.4 Å². The summed E-state index contributed by atoms with van der Waals surface area (Å²) in [5.41, 5.74) is 2.25. The zero-order valence-corrected chi connectivity index (χ0v) is 17.3. The Morgan fingerprint density at radius 1 is 0.935 bits per heavy atom. The summed E-state index contributed by atoms with van der Waals surface area (Å²) < 4.78 is 5.50. The smallest absolute Gasteiger partial charge is 0.339 e. The molecule has 2 N–H and O–H groups in total. The quantitative estimate of drug-likeness (QED) is 0.622. The molecule has 0 saturated carbocycles. The molecule has 31 heavy (non-hydrogen) atoms. The Kier molecular flexibility index (Phi) is 5.29. The van der Waals surface area contributed by atoms with E-state index in [4.69, 9.17) is 4.74 Å². The summed E-state index contributed by atoms with van der Waals surface area (Å²) in [6.07, 6.45) is 0.272. The molecule has 3 aromatic carbocycles. The first-order valence-corrected chi connectivity index (χ1v) is 9.95. The highest BCUT2D eigenvalue weighted by Gasteiger charge is 2.42. The highest BCUT2D eigenvalue weighted by Crippen LogP contribution is 2.30. The summed E-state index contributed by atoms with van der Waals surface area (Å²) in [6.45, 7) is 3.43. The molecule has 0 aliphatic carbocycles. The molecule has 1 heterocycles. The van der Waals surface area contributed by atoms with Crippen LogP contribution in [-0.2, 0) is 16.0 Å². The third kappa shape index (κ3) is 4.19. The highest BCUT2D eigenvalue weighted by atomic mass is 16.6. The van der Waals surface area contributed by atoms with Crippen molar-refractivity contribution in [3.8, 4) is 0 Å². The van der Waals surface area contributed by atoms with Gasteiger partial charge in [0.2, 0.25) is 0 Å². The largest absolute Gasteiger partial charge is 0.445 e. The van der Waals surface area contributed by atoms with Crippen molar-refractivity contribution in [3.05, 3.63) is 95.1 Å². The van der Waals surface area contributed by atoms with Crippen LogP contribution in [-0.4, -0.2) is 23.4 Å². The fraction of sp³-hybridized carbons (Fsp3) is 0.160. The van der Waals surface area contributed by atoms with Crippen molar-refractivity contribution in [2.45, 2.75) is 25.9 Å². The third-order valence-corrected chi connectivity index (χ3v) is 5.34. The van der Waals surface area contributed by atoms with E-state index in [1.165, 1.54) is 0 Å². The number of para-hydroxylation sites is 1. The van der Waals surface area contributed by atoms with Gasteiger partial charge in [-0.2, -0.15) is 0 Å². The van der Waals surface area contributed by atoms with E-state index >= 15 is 0 Å². The van der Waals surface area contributed by atoms with Crippen molar-refractivity contribution < 1.29 is 19.1 Å². The van der Waals surface area contributed by atoms with Crippen LogP contribution >= 0.6 is 0 Å². The standard InChI is InChI=1S/C25H22N2O4/c1-16-12-13-17(22(28)26-19-9-4-3-5-10-19)14-21(16)27-24(30)25(2)15-18-8-6-7-11-20(18)23(29)31-25/h3-14H,15H2,1-2H3,(H,26,28)(H,27,30)/t25-/m1/s1. The van der Waals surface area contributed by atoms with Gasteiger partial charge in [0.1, 0.15) is 0 Å². The van der Waals surface area contributed by atoms with E-state index in [1.807, 2.05) is 37.3 Å². The molecule has 1 aliphatic heterocycles. The Hall–Kier alpha value is -3.93. The van der Waals surface area contributed by atoms with Crippen molar-refractivity contribution in [3.63, 3.8) is 0 Å². The summed E-state index contributed by atoms with van der Waals surface area (Å²) in [7, 11) is 0. The number of carbonyl (C=O) groups is 3. The lowest BCUT2D eigenvalue weighted by atomic mass is 9.89. The second-order valence-corrected chi connectivity index (χ2v) is 7.76. The number of fused-ring (bicyclic) bond motifs is 1. The minimum absolute atomic E-state index is 0.272. The Labute approximate surface area is 180 Å². The van der Waals surface area contributed by atoms with Crippen LogP contribution < -0.4 is 10.6 Å². The maximum Gasteiger partial charge on any atom is 0.339 e. The molecular weight excluding hydrogens is 392 g/mol. The Balaban J connectivity index is 1.54. The fourth-order valence-corrected chi connectivity index (χ4v) is 3.54. The number of aryl methyl sites for hydroxylation is 1. The molecule has 0 bridgehead atoms. The number of nitrogens with one attached hydrogen (secondary N) is 2. The SMILES string of the molecule is Cc1ccc(C(=O)Nc2ccccc2)cc1NC(=O)[C@@]1(C)Cc2ccccc2C(=O)O1. The summed E-state index contributed by atoms with van der Waals surface area (Å²) in [6, 6.07) is 21.3. The second-order valence-electron chi connectivity index (χ2n) is 7.76. The van der Waals surface area contributed by atoms with Crippen LogP contribution in [0, 0.1) is 6.92 Å². The van der Waals surface area contributed by atoms with Gasteiger partial charge in [-0.25, -0.2) is 4.79 Å². The van der Waals surface area contributed by atoms with E-state index in [0.29, 0.717) is 22.5 Å². The maximum atomic E-state index is 13.1. The van der Waals surface area contributed by atoms with Crippen LogP contribution in [0.2, 0.25) is 0 Å². The Morgan fingerprint density at radius 2 is 1.65 bits per heavy atom. The van der Waals surface area contributed by atoms with Gasteiger partial charge < -0.3 is 15.4 Å². The minimum atomic E-state index is -1.35. The molecule has 6 heteroatoms. The normalized spacial score (nSPS) is 17.3. The number of rotatable bonds is 4. The minimum Gasteiger partial charge on any atom is -0.445 e. The first-order valence-electron chi connectivity index (χ1n) is 9.95. The lowest BCUT2D eigenvalue weighted by Crippen LogP contribution is -2.49. The number of benzene rings is 3. The number of amides is 2. The van der Waals surface area contributed by atoms with E-state index in [0.717, 1.165) is 11.1 Å². The average Bonchev–Trinajstić information content (AvgIpc) is 2.75. The molecule has 0 spiro atoms. The Morgan fingerprint density at radius 3 is 2.42 bits per heavy atom. The van der Waals surface area contributed by atoms with E-state index in [2.05, 4.69) is 10.6 Å². The van der Waals surface area contributed by atoms with Gasteiger partial charge in [0, 0.05) is 23.4 Å². The maximum absolute atomic E-state index is 13.1. The number of hydrogen-bond acceptors (Lipinski definition) is 4. The summed E-state index contributed by atoms with van der Waals surface area (Å²) in [5, 5.41) is 5.66. The molecule has 0 aromatic heterocycles. The molecule has 156 valence electrons. The van der Waals surface area contributed by atoms with Gasteiger partial charge in [-0.3, -0.25) is 9.59 Å². The summed E-state index contributed by atoms with van der Waals surface area (Å²) in [4.78, 5) is 38.1. The van der Waals surface area contributed by atoms with Gasteiger partial charge in [0.15, 0.2) is 5.60 Å². The van der Waals surface area contributed by atoms with Crippen LogP contribution in [0.15, 0.2) is 72.8 Å². The zero-order valence-electron chi connectivity index (χ0n) is 17.3. The first kappa shape index (κ1) is 20.3. The molecular formula is C25H22N2O4. The monoisotopic (exact) mass is 414 g/mol. The van der Waals surface area contributed by atoms with Crippen LogP contribution in [0.4, 0.5) is 11.4 Å². The summed E-state index contributed by atoms with van der Waals surface area (Å²) >= 11 is 0. The molecule has 1 aliphatic rings. The van der Waals surface area contributed by atoms with E-state index in [1.54, 1.807) is 49.4 Å². The molecule has 0 fully saturated rings. The Bertz CT molecular complexity index is 1170. The van der Waals surface area contributed by atoms with Gasteiger partial charge in [-0.15, -0.1) is 0 Å². The zero-order chi connectivity index (χ0) is 22.0. The van der Waals surface area contributed by atoms with Crippen LogP contribution in [0.5, 0.6) is 0 Å². The highest BCUT2D eigenvalue weighted by molar-refractivity contribution is 6.06. The van der Waals surface area contributed by atoms with Gasteiger partial charge in [-0.1, -0.05) is 42.5 Å². The third-order valence-electron chi connectivity index (χ3n) is 5.34. The number of esters is 1. The number of hydrogen-bond donors (Lipinski definition) is 2. The molecule has 6 nitrogen and oxygen atoms in total. The second kappa shape index (κ2) is 8.07. The van der Waals surface area contributed by atoms with Gasteiger partial charge >= 0.3 is 5.97 Å². The molecule has 4 rings (SSSR count). The lowest BCUT2D eigenvalue weighted by Gasteiger charge is -2.33. The molecule has 2 amide bonds. The van der Waals surface area contributed by atoms with Crippen molar-refractivity contribution in [1.29, 1.82) is 0 Å². The number of ether oxygens (including phenoxy) is 1. The predicted octanol–water partition coefficient (Wildman–Crippen LogP) is 4.36. The van der Waals surface area contributed by atoms with Gasteiger partial charge in [-0.05, 0) is 55.3 Å². The average molecular weight is 414 g/mol. The molecule has 1 atom stereocenters. The number of cyclic esters (lactones) is 1. The summed E-state index contributed by atoms with van der Waals surface area (Å²) in [5.74, 6) is -1.25. The van der Waals surface area contributed by atoms with Crippen molar-refractivity contribution in [2.24, 2.45) is 0 Å². The van der Waals surface area contributed by atoms with Gasteiger partial charge in [0.25, 0.3) is 11.8 Å². The number of carbonyl (C=O) groups excluding carboxylic acids is 3. The molecule has 0 saturated heterocycles. The molecule has 0 radical (unpaired) electrons. The van der Waals surface area contributed by atoms with Crippen LogP contribution in [0.1, 0.15) is 38.8 Å². The van der Waals surface area contributed by atoms with Crippen molar-refractivity contribution in [2.75, 3.05) is 10.6 Å².